The van der Waals surface area contributed by atoms with Crippen molar-refractivity contribution in [2.24, 2.45) is 5.92 Å². The van der Waals surface area contributed by atoms with E-state index in [4.69, 9.17) is 32.7 Å². The Bertz CT molecular complexity index is 1220. The van der Waals surface area contributed by atoms with Gasteiger partial charge in [-0.25, -0.2) is 8.42 Å². The van der Waals surface area contributed by atoms with Crippen LogP contribution in [0.25, 0.3) is 0 Å². The van der Waals surface area contributed by atoms with Crippen molar-refractivity contribution in [2.45, 2.75) is 33.4 Å². The lowest BCUT2D eigenvalue weighted by atomic mass is 10.1. The molecule has 0 unspecified atom stereocenters. The fourth-order valence-electron chi connectivity index (χ4n) is 3.45. The molecule has 0 spiro atoms. The van der Waals surface area contributed by atoms with E-state index in [1.54, 1.807) is 25.1 Å². The molecular formula is C25H33Cl2N3O6S. The van der Waals surface area contributed by atoms with Crippen molar-refractivity contribution in [2.75, 3.05) is 37.9 Å². The molecule has 0 saturated heterocycles. The predicted molar refractivity (Wildman–Crippen MR) is 146 cm³/mol. The largest absolute Gasteiger partial charge is 0.497 e. The van der Waals surface area contributed by atoms with Crippen LogP contribution < -0.4 is 19.1 Å². The van der Waals surface area contributed by atoms with E-state index in [1.165, 1.54) is 37.3 Å². The van der Waals surface area contributed by atoms with Crippen LogP contribution >= 0.6 is 23.2 Å². The molecule has 37 heavy (non-hydrogen) atoms. The number of rotatable bonds is 12. The van der Waals surface area contributed by atoms with Gasteiger partial charge in [-0.15, -0.1) is 0 Å². The Hall–Kier alpha value is -2.69. The maximum Gasteiger partial charge on any atom is 0.244 e. The summed E-state index contributed by atoms with van der Waals surface area (Å²) in [4.78, 5) is 27.9. The number of carbonyl (C=O) groups excluding carboxylic acids is 2. The molecule has 2 rings (SSSR count). The highest BCUT2D eigenvalue weighted by atomic mass is 35.5. The van der Waals surface area contributed by atoms with Crippen molar-refractivity contribution < 1.29 is 27.5 Å². The van der Waals surface area contributed by atoms with Crippen LogP contribution in [0.4, 0.5) is 5.69 Å². The zero-order valence-electron chi connectivity index (χ0n) is 21.7. The molecule has 0 fully saturated rings. The number of ether oxygens (including phenoxy) is 2. The number of sulfonamides is 1. The van der Waals surface area contributed by atoms with E-state index < -0.39 is 28.5 Å². The van der Waals surface area contributed by atoms with E-state index in [0.29, 0.717) is 27.9 Å². The summed E-state index contributed by atoms with van der Waals surface area (Å²) in [5, 5.41) is 3.56. The van der Waals surface area contributed by atoms with E-state index in [1.807, 2.05) is 13.8 Å². The SMILES string of the molecule is COc1ccc(N(CC(=O)N(Cc2ccc(Cl)cc2Cl)[C@H](C)C(=O)NCC(C)C)S(C)(=O)=O)c(OC)c1. The van der Waals surface area contributed by atoms with Gasteiger partial charge in [0.05, 0.1) is 26.2 Å². The normalized spacial score (nSPS) is 12.1. The summed E-state index contributed by atoms with van der Waals surface area (Å²) in [6.45, 7) is 5.29. The highest BCUT2D eigenvalue weighted by Gasteiger charge is 2.31. The number of benzene rings is 2. The summed E-state index contributed by atoms with van der Waals surface area (Å²) in [6.07, 6.45) is 0.989. The zero-order chi connectivity index (χ0) is 27.9. The molecular weight excluding hydrogens is 541 g/mol. The van der Waals surface area contributed by atoms with E-state index in [-0.39, 0.29) is 29.8 Å². The van der Waals surface area contributed by atoms with Gasteiger partial charge in [0.1, 0.15) is 24.1 Å². The second-order valence-corrected chi connectivity index (χ2v) is 11.6. The van der Waals surface area contributed by atoms with Crippen molar-refractivity contribution in [1.82, 2.24) is 10.2 Å². The number of hydrogen-bond acceptors (Lipinski definition) is 6. The molecule has 0 saturated carbocycles. The summed E-state index contributed by atoms with van der Waals surface area (Å²) >= 11 is 12.4. The van der Waals surface area contributed by atoms with Gasteiger partial charge in [0.2, 0.25) is 21.8 Å². The molecule has 1 atom stereocenters. The number of methoxy groups -OCH3 is 2. The molecule has 9 nitrogen and oxygen atoms in total. The molecule has 12 heteroatoms. The van der Waals surface area contributed by atoms with E-state index >= 15 is 0 Å². The van der Waals surface area contributed by atoms with Crippen LogP contribution in [0.2, 0.25) is 10.0 Å². The fraction of sp³-hybridized carbons (Fsp3) is 0.440. The van der Waals surface area contributed by atoms with Gasteiger partial charge >= 0.3 is 0 Å². The number of carbonyl (C=O) groups is 2. The average Bonchev–Trinajstić information content (AvgIpc) is 2.83. The maximum absolute atomic E-state index is 13.7. The Labute approximate surface area is 228 Å². The Morgan fingerprint density at radius 1 is 1.03 bits per heavy atom. The van der Waals surface area contributed by atoms with E-state index in [2.05, 4.69) is 5.32 Å². The summed E-state index contributed by atoms with van der Waals surface area (Å²) < 4.78 is 37.1. The molecule has 1 N–H and O–H groups in total. The van der Waals surface area contributed by atoms with Crippen LogP contribution in [0.5, 0.6) is 11.5 Å². The van der Waals surface area contributed by atoms with Crippen molar-refractivity contribution in [3.63, 3.8) is 0 Å². The lowest BCUT2D eigenvalue weighted by Crippen LogP contribution is -2.51. The first-order chi connectivity index (χ1) is 17.3. The van der Waals surface area contributed by atoms with Crippen molar-refractivity contribution in [3.05, 3.63) is 52.0 Å². The van der Waals surface area contributed by atoms with Crippen LogP contribution in [-0.4, -0.2) is 64.7 Å². The Balaban J connectivity index is 2.47. The minimum Gasteiger partial charge on any atom is -0.497 e. The predicted octanol–water partition coefficient (Wildman–Crippen LogP) is 3.97. The molecule has 0 aromatic heterocycles. The molecule has 204 valence electrons. The minimum atomic E-state index is -3.93. The maximum atomic E-state index is 13.7. The van der Waals surface area contributed by atoms with Gasteiger partial charge in [-0.3, -0.25) is 13.9 Å². The monoisotopic (exact) mass is 573 g/mol. The van der Waals surface area contributed by atoms with Crippen molar-refractivity contribution in [3.8, 4) is 11.5 Å². The molecule has 0 aliphatic rings. The molecule has 0 heterocycles. The first-order valence-corrected chi connectivity index (χ1v) is 14.1. The lowest BCUT2D eigenvalue weighted by Gasteiger charge is -2.32. The number of nitrogens with zero attached hydrogens (tertiary/aromatic N) is 2. The Morgan fingerprint density at radius 2 is 1.70 bits per heavy atom. The highest BCUT2D eigenvalue weighted by Crippen LogP contribution is 2.34. The van der Waals surface area contributed by atoms with Crippen LogP contribution in [0.3, 0.4) is 0 Å². The molecule has 2 aromatic rings. The molecule has 0 bridgehead atoms. The standard InChI is InChI=1S/C25H33Cl2N3O6S/c1-16(2)13-28-25(32)17(3)29(14-18-7-8-19(26)11-21(18)27)24(31)15-30(37(6,33)34)22-10-9-20(35-4)12-23(22)36-5/h7-12,16-17H,13-15H2,1-6H3,(H,28,32)/t17-/m1/s1. The number of anilines is 1. The number of nitrogens with one attached hydrogen (secondary N) is 1. The number of hydrogen-bond donors (Lipinski definition) is 1. The third-order valence-electron chi connectivity index (χ3n) is 5.54. The summed E-state index contributed by atoms with van der Waals surface area (Å²) in [5.74, 6) is -0.127. The molecule has 2 aromatic carbocycles. The van der Waals surface area contributed by atoms with E-state index in [0.717, 1.165) is 10.6 Å². The zero-order valence-corrected chi connectivity index (χ0v) is 24.1. The van der Waals surface area contributed by atoms with Crippen molar-refractivity contribution >= 4 is 50.7 Å². The Kier molecular flexibility index (Phi) is 10.9. The smallest absolute Gasteiger partial charge is 0.244 e. The molecule has 2 amide bonds. The second-order valence-electron chi connectivity index (χ2n) is 8.88. The Morgan fingerprint density at radius 3 is 2.24 bits per heavy atom. The lowest BCUT2D eigenvalue weighted by molar-refractivity contribution is -0.139. The summed E-state index contributed by atoms with van der Waals surface area (Å²) in [6, 6.07) is 8.47. The van der Waals surface area contributed by atoms with Crippen LogP contribution in [0.15, 0.2) is 36.4 Å². The van der Waals surface area contributed by atoms with Gasteiger partial charge in [-0.1, -0.05) is 43.1 Å². The molecule has 0 aliphatic carbocycles. The van der Waals surface area contributed by atoms with Crippen LogP contribution in [0.1, 0.15) is 26.3 Å². The first-order valence-electron chi connectivity index (χ1n) is 11.5. The second kappa shape index (κ2) is 13.2. The van der Waals surface area contributed by atoms with E-state index in [9.17, 15) is 18.0 Å². The molecule has 0 aliphatic heterocycles. The number of halogens is 2. The molecule has 0 radical (unpaired) electrons. The minimum absolute atomic E-state index is 0.0392. The summed E-state index contributed by atoms with van der Waals surface area (Å²) in [7, 11) is -1.08. The van der Waals surface area contributed by atoms with Gasteiger partial charge in [0.25, 0.3) is 0 Å². The topological polar surface area (TPSA) is 105 Å². The van der Waals surface area contributed by atoms with Crippen LogP contribution in [0, 0.1) is 5.92 Å². The van der Waals surface area contributed by atoms with Gasteiger partial charge in [0, 0.05) is 29.2 Å². The third-order valence-corrected chi connectivity index (χ3v) is 7.26. The summed E-state index contributed by atoms with van der Waals surface area (Å²) in [5.41, 5.74) is 0.705. The van der Waals surface area contributed by atoms with Crippen LogP contribution in [-0.2, 0) is 26.2 Å². The van der Waals surface area contributed by atoms with Gasteiger partial charge in [-0.05, 0) is 42.7 Å². The fourth-order valence-corrected chi connectivity index (χ4v) is 4.78. The van der Waals surface area contributed by atoms with Gasteiger partial charge in [0.15, 0.2) is 0 Å². The first kappa shape index (κ1) is 30.5. The third kappa shape index (κ3) is 8.41. The average molecular weight is 575 g/mol. The highest BCUT2D eigenvalue weighted by molar-refractivity contribution is 7.92. The quantitative estimate of drug-likeness (QED) is 0.412. The van der Waals surface area contributed by atoms with Gasteiger partial charge in [-0.2, -0.15) is 0 Å². The van der Waals surface area contributed by atoms with Crippen molar-refractivity contribution in [1.29, 1.82) is 0 Å². The number of amides is 2. The van der Waals surface area contributed by atoms with Gasteiger partial charge < -0.3 is 19.7 Å².